The van der Waals surface area contributed by atoms with Crippen LogP contribution in [0.1, 0.15) is 70.3 Å². The molecule has 3 heteroatoms. The summed E-state index contributed by atoms with van der Waals surface area (Å²) in [5.74, 6) is 1.28. The zero-order valence-corrected chi connectivity index (χ0v) is 13.5. The van der Waals surface area contributed by atoms with E-state index in [9.17, 15) is 0 Å². The lowest BCUT2D eigenvalue weighted by molar-refractivity contribution is 0.291. The van der Waals surface area contributed by atoms with Gasteiger partial charge in [-0.15, -0.1) is 0 Å². The summed E-state index contributed by atoms with van der Waals surface area (Å²) in [5.41, 5.74) is 9.53. The van der Waals surface area contributed by atoms with Crippen molar-refractivity contribution in [1.29, 1.82) is 0 Å². The van der Waals surface area contributed by atoms with Gasteiger partial charge in [-0.2, -0.15) is 0 Å². The Bertz CT molecular complexity index is 633. The Labute approximate surface area is 127 Å². The third kappa shape index (κ3) is 2.48. The first-order valence-electron chi connectivity index (χ1n) is 8.26. The Morgan fingerprint density at radius 2 is 1.95 bits per heavy atom. The van der Waals surface area contributed by atoms with E-state index < -0.39 is 0 Å². The third-order valence-electron chi connectivity index (χ3n) is 5.00. The summed E-state index contributed by atoms with van der Waals surface area (Å²) in [5, 5.41) is 0. The summed E-state index contributed by atoms with van der Waals surface area (Å²) < 4.78 is 2.45. The van der Waals surface area contributed by atoms with Crippen LogP contribution in [0.4, 0.5) is 0 Å². The number of fused-ring (bicyclic) bond motifs is 1. The van der Waals surface area contributed by atoms with Crippen LogP contribution in [0.15, 0.2) is 18.2 Å². The van der Waals surface area contributed by atoms with Gasteiger partial charge >= 0.3 is 0 Å². The van der Waals surface area contributed by atoms with Crippen molar-refractivity contribution < 1.29 is 0 Å². The molecule has 1 aromatic heterocycles. The van der Waals surface area contributed by atoms with Crippen molar-refractivity contribution in [2.24, 2.45) is 5.73 Å². The highest BCUT2D eigenvalue weighted by atomic mass is 15.1. The molecule has 0 amide bonds. The van der Waals surface area contributed by atoms with Crippen LogP contribution in [0, 0.1) is 0 Å². The minimum absolute atomic E-state index is 0.227. The highest BCUT2D eigenvalue weighted by Crippen LogP contribution is 2.40. The average molecular weight is 285 g/mol. The van der Waals surface area contributed by atoms with E-state index in [0.29, 0.717) is 12.6 Å². The van der Waals surface area contributed by atoms with Crippen molar-refractivity contribution in [2.45, 2.75) is 70.9 Å². The van der Waals surface area contributed by atoms with E-state index in [1.165, 1.54) is 43.4 Å². The molecule has 21 heavy (non-hydrogen) atoms. The molecule has 2 aromatic rings. The van der Waals surface area contributed by atoms with Crippen LogP contribution in [-0.2, 0) is 12.0 Å². The lowest BCUT2D eigenvalue weighted by Crippen LogP contribution is -2.29. The standard InChI is InChI=1S/C18H27N3/c1-13(2)21-16-8-7-14(12-19)11-15(16)20-17(21)18(3)9-5-4-6-10-18/h7-8,11,13H,4-6,9-10,12,19H2,1-3H3. The molecule has 0 spiro atoms. The molecule has 0 bridgehead atoms. The van der Waals surface area contributed by atoms with E-state index in [-0.39, 0.29) is 5.41 Å². The second kappa shape index (κ2) is 5.45. The highest BCUT2D eigenvalue weighted by Gasteiger charge is 2.34. The summed E-state index contributed by atoms with van der Waals surface area (Å²) >= 11 is 0. The van der Waals surface area contributed by atoms with Gasteiger partial charge in [-0.05, 0) is 44.4 Å². The number of hydrogen-bond donors (Lipinski definition) is 1. The number of benzene rings is 1. The molecular formula is C18H27N3. The quantitative estimate of drug-likeness (QED) is 0.913. The fourth-order valence-corrected chi connectivity index (χ4v) is 3.78. The third-order valence-corrected chi connectivity index (χ3v) is 5.00. The van der Waals surface area contributed by atoms with Gasteiger partial charge in [-0.1, -0.05) is 32.3 Å². The van der Waals surface area contributed by atoms with E-state index in [1.54, 1.807) is 0 Å². The molecular weight excluding hydrogens is 258 g/mol. The Hall–Kier alpha value is -1.35. The van der Waals surface area contributed by atoms with Gasteiger partial charge in [-0.25, -0.2) is 4.98 Å². The topological polar surface area (TPSA) is 43.8 Å². The van der Waals surface area contributed by atoms with Gasteiger partial charge in [0, 0.05) is 18.0 Å². The van der Waals surface area contributed by atoms with Gasteiger partial charge in [0.25, 0.3) is 0 Å². The Balaban J connectivity index is 2.18. The number of rotatable bonds is 3. The van der Waals surface area contributed by atoms with Gasteiger partial charge in [0.1, 0.15) is 5.82 Å². The molecule has 0 atom stereocenters. The Kier molecular flexibility index (Phi) is 3.78. The Morgan fingerprint density at radius 1 is 1.24 bits per heavy atom. The van der Waals surface area contributed by atoms with Crippen LogP contribution in [-0.4, -0.2) is 9.55 Å². The van der Waals surface area contributed by atoms with Crippen LogP contribution >= 0.6 is 0 Å². The summed E-state index contributed by atoms with van der Waals surface area (Å²) in [6, 6.07) is 6.92. The predicted octanol–water partition coefficient (Wildman–Crippen LogP) is 4.30. The number of nitrogens with two attached hydrogens (primary N) is 1. The second-order valence-electron chi connectivity index (χ2n) is 7.05. The highest BCUT2D eigenvalue weighted by molar-refractivity contribution is 5.77. The maximum atomic E-state index is 5.78. The predicted molar refractivity (Wildman–Crippen MR) is 88.4 cm³/mol. The van der Waals surface area contributed by atoms with E-state index >= 15 is 0 Å². The van der Waals surface area contributed by atoms with E-state index in [1.807, 2.05) is 0 Å². The van der Waals surface area contributed by atoms with Crippen LogP contribution in [0.25, 0.3) is 11.0 Å². The van der Waals surface area contributed by atoms with Crippen molar-refractivity contribution in [3.63, 3.8) is 0 Å². The molecule has 1 fully saturated rings. The van der Waals surface area contributed by atoms with Crippen LogP contribution < -0.4 is 5.73 Å². The lowest BCUT2D eigenvalue weighted by atomic mass is 9.75. The van der Waals surface area contributed by atoms with Crippen molar-refractivity contribution in [3.8, 4) is 0 Å². The molecule has 1 aromatic carbocycles. The van der Waals surface area contributed by atoms with E-state index in [4.69, 9.17) is 10.7 Å². The lowest BCUT2D eigenvalue weighted by Gasteiger charge is -2.34. The zero-order chi connectivity index (χ0) is 15.0. The van der Waals surface area contributed by atoms with Gasteiger partial charge in [0.15, 0.2) is 0 Å². The van der Waals surface area contributed by atoms with E-state index in [2.05, 4.69) is 43.5 Å². The summed E-state index contributed by atoms with van der Waals surface area (Å²) in [4.78, 5) is 5.05. The molecule has 2 N–H and O–H groups in total. The van der Waals surface area contributed by atoms with Crippen LogP contribution in [0.5, 0.6) is 0 Å². The van der Waals surface area contributed by atoms with E-state index in [0.717, 1.165) is 11.1 Å². The first kappa shape index (κ1) is 14.6. The molecule has 3 nitrogen and oxygen atoms in total. The van der Waals surface area contributed by atoms with Crippen LogP contribution in [0.3, 0.4) is 0 Å². The first-order valence-corrected chi connectivity index (χ1v) is 8.26. The smallest absolute Gasteiger partial charge is 0.116 e. The molecule has 1 aliphatic carbocycles. The van der Waals surface area contributed by atoms with Gasteiger partial charge in [0.2, 0.25) is 0 Å². The monoisotopic (exact) mass is 285 g/mol. The Morgan fingerprint density at radius 3 is 2.57 bits per heavy atom. The number of hydrogen-bond acceptors (Lipinski definition) is 2. The average Bonchev–Trinajstić information content (AvgIpc) is 2.87. The molecule has 114 valence electrons. The summed E-state index contributed by atoms with van der Waals surface area (Å²) in [7, 11) is 0. The molecule has 1 aliphatic rings. The van der Waals surface area contributed by atoms with Crippen molar-refractivity contribution >= 4 is 11.0 Å². The molecule has 0 saturated heterocycles. The maximum absolute atomic E-state index is 5.78. The maximum Gasteiger partial charge on any atom is 0.116 e. The molecule has 0 aliphatic heterocycles. The zero-order valence-electron chi connectivity index (χ0n) is 13.5. The molecule has 0 radical (unpaired) electrons. The fraction of sp³-hybridized carbons (Fsp3) is 0.611. The van der Waals surface area contributed by atoms with Crippen molar-refractivity contribution in [2.75, 3.05) is 0 Å². The summed E-state index contributed by atoms with van der Waals surface area (Å²) in [6.07, 6.45) is 6.53. The van der Waals surface area contributed by atoms with Crippen molar-refractivity contribution in [1.82, 2.24) is 9.55 Å². The number of nitrogens with zero attached hydrogens (tertiary/aromatic N) is 2. The van der Waals surface area contributed by atoms with Gasteiger partial charge in [-0.3, -0.25) is 0 Å². The SMILES string of the molecule is CC(C)n1c(C2(C)CCCCC2)nc2cc(CN)ccc21. The molecule has 3 rings (SSSR count). The van der Waals surface area contributed by atoms with Gasteiger partial charge in [0.05, 0.1) is 11.0 Å². The number of aromatic nitrogens is 2. The first-order chi connectivity index (χ1) is 10.0. The molecule has 1 saturated carbocycles. The second-order valence-corrected chi connectivity index (χ2v) is 7.05. The minimum atomic E-state index is 0.227. The summed E-state index contributed by atoms with van der Waals surface area (Å²) in [6.45, 7) is 7.49. The fourth-order valence-electron chi connectivity index (χ4n) is 3.78. The normalized spacial score (nSPS) is 18.5. The molecule has 1 heterocycles. The number of imidazole rings is 1. The largest absolute Gasteiger partial charge is 0.326 e. The van der Waals surface area contributed by atoms with Crippen LogP contribution in [0.2, 0.25) is 0 Å². The minimum Gasteiger partial charge on any atom is -0.326 e. The van der Waals surface area contributed by atoms with Gasteiger partial charge < -0.3 is 10.3 Å². The molecule has 0 unspecified atom stereocenters. The van der Waals surface area contributed by atoms with Crippen molar-refractivity contribution in [3.05, 3.63) is 29.6 Å².